The summed E-state index contributed by atoms with van der Waals surface area (Å²) in [4.78, 5) is 27.7. The molecule has 6 nitrogen and oxygen atoms in total. The average molecular weight is 277 g/mol. The third-order valence-electron chi connectivity index (χ3n) is 3.40. The Morgan fingerprint density at radius 1 is 1.40 bits per heavy atom. The van der Waals surface area contributed by atoms with Gasteiger partial charge in [0.25, 0.3) is 0 Å². The number of ether oxygens (including phenoxy) is 1. The van der Waals surface area contributed by atoms with Gasteiger partial charge in [-0.3, -0.25) is 9.79 Å². The van der Waals surface area contributed by atoms with Crippen LogP contribution in [0.4, 0.5) is 0 Å². The lowest BCUT2D eigenvalue weighted by Crippen LogP contribution is -2.35. The fourth-order valence-corrected chi connectivity index (χ4v) is 2.54. The zero-order valence-electron chi connectivity index (χ0n) is 11.4. The molecule has 1 aliphatic rings. The van der Waals surface area contributed by atoms with Gasteiger partial charge in [0.05, 0.1) is 25.2 Å². The summed E-state index contributed by atoms with van der Waals surface area (Å²) < 4.78 is 9.78. The van der Waals surface area contributed by atoms with Gasteiger partial charge in [-0.1, -0.05) is 0 Å². The smallest absolute Gasteiger partial charge is 0.336 e. The molecule has 0 amide bonds. The Morgan fingerprint density at radius 2 is 2.10 bits per heavy atom. The highest BCUT2D eigenvalue weighted by atomic mass is 16.5. The van der Waals surface area contributed by atoms with Gasteiger partial charge in [-0.25, -0.2) is 4.79 Å². The normalized spacial score (nSPS) is 22.4. The summed E-state index contributed by atoms with van der Waals surface area (Å²) in [5.74, 6) is -3.18. The van der Waals surface area contributed by atoms with E-state index in [2.05, 4.69) is 4.99 Å². The number of carbonyl (C=O) groups is 2. The molecular weight excluding hydrogens is 262 g/mol. The number of carbonyl (C=O) groups excluding carboxylic acids is 1. The van der Waals surface area contributed by atoms with E-state index in [4.69, 9.17) is 9.15 Å². The van der Waals surface area contributed by atoms with Crippen molar-refractivity contribution in [3.63, 3.8) is 0 Å². The third-order valence-corrected chi connectivity index (χ3v) is 3.40. The first-order valence-corrected chi connectivity index (χ1v) is 6.06. The zero-order chi connectivity index (χ0) is 14.9. The number of hydrogen-bond acceptors (Lipinski definition) is 5. The predicted molar refractivity (Wildman–Crippen MR) is 70.4 cm³/mol. The van der Waals surface area contributed by atoms with Gasteiger partial charge in [-0.2, -0.15) is 0 Å². The molecule has 0 saturated carbocycles. The van der Waals surface area contributed by atoms with Crippen LogP contribution in [-0.2, 0) is 14.3 Å². The van der Waals surface area contributed by atoms with Crippen molar-refractivity contribution in [3.05, 3.63) is 35.4 Å². The quantitative estimate of drug-likeness (QED) is 0.853. The van der Waals surface area contributed by atoms with E-state index in [1.54, 1.807) is 19.9 Å². The van der Waals surface area contributed by atoms with Gasteiger partial charge in [-0.05, 0) is 25.5 Å². The lowest BCUT2D eigenvalue weighted by atomic mass is 9.76. The molecule has 2 atom stereocenters. The second-order valence-electron chi connectivity index (χ2n) is 4.59. The van der Waals surface area contributed by atoms with Crippen molar-refractivity contribution in [3.8, 4) is 0 Å². The van der Waals surface area contributed by atoms with Crippen LogP contribution in [0.15, 0.2) is 39.3 Å². The Kier molecular flexibility index (Phi) is 3.74. The number of furan rings is 1. The van der Waals surface area contributed by atoms with E-state index in [0.29, 0.717) is 17.0 Å². The molecule has 106 valence electrons. The topological polar surface area (TPSA) is 89.1 Å². The van der Waals surface area contributed by atoms with Crippen molar-refractivity contribution in [1.82, 2.24) is 0 Å². The molecule has 1 aromatic heterocycles. The van der Waals surface area contributed by atoms with Crippen LogP contribution < -0.4 is 0 Å². The van der Waals surface area contributed by atoms with E-state index < -0.39 is 23.8 Å². The van der Waals surface area contributed by atoms with Crippen LogP contribution in [0.5, 0.6) is 0 Å². The van der Waals surface area contributed by atoms with Gasteiger partial charge in [0.2, 0.25) is 0 Å². The van der Waals surface area contributed by atoms with Crippen LogP contribution in [0.3, 0.4) is 0 Å². The van der Waals surface area contributed by atoms with Crippen LogP contribution in [0.1, 0.15) is 25.3 Å². The number of esters is 1. The molecule has 0 fully saturated rings. The fraction of sp³-hybridized carbons (Fsp3) is 0.357. The Hall–Kier alpha value is -2.37. The summed E-state index contributed by atoms with van der Waals surface area (Å²) in [6.45, 7) is 3.31. The van der Waals surface area contributed by atoms with Gasteiger partial charge in [0, 0.05) is 17.3 Å². The lowest BCUT2D eigenvalue weighted by molar-refractivity contribution is -0.140. The Balaban J connectivity index is 2.62. The van der Waals surface area contributed by atoms with E-state index in [1.165, 1.54) is 19.6 Å². The highest BCUT2D eigenvalue weighted by Gasteiger charge is 2.41. The first-order chi connectivity index (χ1) is 9.47. The Labute approximate surface area is 115 Å². The summed E-state index contributed by atoms with van der Waals surface area (Å²) in [6, 6.07) is 1.65. The van der Waals surface area contributed by atoms with E-state index in [-0.39, 0.29) is 5.57 Å². The summed E-state index contributed by atoms with van der Waals surface area (Å²) in [5, 5.41) is 9.45. The molecule has 0 radical (unpaired) electrons. The molecular formula is C14H15NO5. The third kappa shape index (κ3) is 2.24. The first-order valence-electron chi connectivity index (χ1n) is 6.06. The van der Waals surface area contributed by atoms with Crippen molar-refractivity contribution in [2.75, 3.05) is 7.11 Å². The maximum Gasteiger partial charge on any atom is 0.336 e. The predicted octanol–water partition coefficient (Wildman–Crippen LogP) is 1.99. The molecule has 1 aliphatic heterocycles. The molecule has 1 N–H and O–H groups in total. The summed E-state index contributed by atoms with van der Waals surface area (Å²) in [5.41, 5.74) is 1.80. The van der Waals surface area contributed by atoms with E-state index in [0.717, 1.165) is 0 Å². The molecule has 0 saturated heterocycles. The summed E-state index contributed by atoms with van der Waals surface area (Å²) in [7, 11) is 1.26. The molecule has 0 aliphatic carbocycles. The van der Waals surface area contributed by atoms with Crippen LogP contribution >= 0.6 is 0 Å². The van der Waals surface area contributed by atoms with Crippen molar-refractivity contribution in [1.29, 1.82) is 0 Å². The molecule has 6 heteroatoms. The fourth-order valence-electron chi connectivity index (χ4n) is 2.54. The number of aliphatic imine (C=N–C) groups is 1. The van der Waals surface area contributed by atoms with Gasteiger partial charge in [0.15, 0.2) is 0 Å². The second kappa shape index (κ2) is 5.32. The highest BCUT2D eigenvalue weighted by molar-refractivity contribution is 6.06. The van der Waals surface area contributed by atoms with Gasteiger partial charge >= 0.3 is 11.9 Å². The van der Waals surface area contributed by atoms with Gasteiger partial charge in [-0.15, -0.1) is 0 Å². The SMILES string of the molecule is COC(=O)C1=C(C)N=C(C)C(C(=O)O)C1c1ccoc1. The number of aliphatic carboxylic acids is 1. The molecule has 2 heterocycles. The van der Waals surface area contributed by atoms with E-state index >= 15 is 0 Å². The highest BCUT2D eigenvalue weighted by Crippen LogP contribution is 2.39. The Bertz CT molecular complexity index is 597. The van der Waals surface area contributed by atoms with Crippen LogP contribution in [0.25, 0.3) is 0 Å². The average Bonchev–Trinajstić information content (AvgIpc) is 2.90. The molecule has 20 heavy (non-hydrogen) atoms. The first kappa shape index (κ1) is 14.0. The van der Waals surface area contributed by atoms with Gasteiger partial charge < -0.3 is 14.3 Å². The number of allylic oxidation sites excluding steroid dienone is 1. The number of methoxy groups -OCH3 is 1. The summed E-state index contributed by atoms with van der Waals surface area (Å²) in [6.07, 6.45) is 2.88. The molecule has 0 aromatic carbocycles. The second-order valence-corrected chi connectivity index (χ2v) is 4.59. The zero-order valence-corrected chi connectivity index (χ0v) is 11.4. The lowest BCUT2D eigenvalue weighted by Gasteiger charge is -2.29. The van der Waals surface area contributed by atoms with Crippen molar-refractivity contribution in [2.24, 2.45) is 10.9 Å². The molecule has 0 bridgehead atoms. The molecule has 2 unspecified atom stereocenters. The molecule has 2 rings (SSSR count). The monoisotopic (exact) mass is 277 g/mol. The van der Waals surface area contributed by atoms with Crippen molar-refractivity contribution in [2.45, 2.75) is 19.8 Å². The number of carboxylic acid groups (broad SMARTS) is 1. The van der Waals surface area contributed by atoms with E-state index in [1.807, 2.05) is 0 Å². The van der Waals surface area contributed by atoms with Crippen LogP contribution in [0, 0.1) is 5.92 Å². The minimum absolute atomic E-state index is 0.256. The van der Waals surface area contributed by atoms with Crippen molar-refractivity contribution < 1.29 is 23.8 Å². The van der Waals surface area contributed by atoms with Crippen molar-refractivity contribution >= 4 is 17.7 Å². The Morgan fingerprint density at radius 3 is 2.60 bits per heavy atom. The van der Waals surface area contributed by atoms with Crippen LogP contribution in [0.2, 0.25) is 0 Å². The minimum atomic E-state index is -1.04. The number of hydrogen-bond donors (Lipinski definition) is 1. The van der Waals surface area contributed by atoms with E-state index in [9.17, 15) is 14.7 Å². The van der Waals surface area contributed by atoms with Gasteiger partial charge in [0.1, 0.15) is 5.92 Å². The maximum atomic E-state index is 12.0. The summed E-state index contributed by atoms with van der Waals surface area (Å²) >= 11 is 0. The maximum absolute atomic E-state index is 12.0. The largest absolute Gasteiger partial charge is 0.481 e. The number of nitrogens with zero attached hydrogens (tertiary/aromatic N) is 1. The number of rotatable bonds is 3. The standard InChI is InChI=1S/C14H15NO5/c1-7-10(13(16)17)12(9-4-5-20-6-9)11(8(2)15-7)14(18)19-3/h4-6,10,12H,1-3H3,(H,16,17). The molecule has 0 spiro atoms. The van der Waals surface area contributed by atoms with Crippen LogP contribution in [-0.4, -0.2) is 29.9 Å². The number of carboxylic acids is 1. The minimum Gasteiger partial charge on any atom is -0.481 e. The molecule has 1 aromatic rings.